The van der Waals surface area contributed by atoms with Gasteiger partial charge in [-0.15, -0.1) is 0 Å². The Kier molecular flexibility index (Phi) is 9.24. The predicted octanol–water partition coefficient (Wildman–Crippen LogP) is 1.07. The minimum Gasteiger partial charge on any atom is -0.313 e. The SMILES string of the molecule is CC(C)NCCN(C)CCN(C)CC(=O)C(C)C. The third-order valence-corrected chi connectivity index (χ3v) is 2.98. The van der Waals surface area contributed by atoms with Gasteiger partial charge in [-0.2, -0.15) is 0 Å². The lowest BCUT2D eigenvalue weighted by Gasteiger charge is -2.22. The van der Waals surface area contributed by atoms with Crippen molar-refractivity contribution in [1.29, 1.82) is 0 Å². The highest BCUT2D eigenvalue weighted by molar-refractivity contribution is 5.82. The lowest BCUT2D eigenvalue weighted by atomic mass is 10.1. The van der Waals surface area contributed by atoms with Crippen LogP contribution in [-0.2, 0) is 4.79 Å². The summed E-state index contributed by atoms with van der Waals surface area (Å²) in [6.45, 7) is 12.8. The molecule has 0 aromatic carbocycles. The molecule has 0 bridgehead atoms. The van der Waals surface area contributed by atoms with E-state index < -0.39 is 0 Å². The minimum atomic E-state index is 0.139. The van der Waals surface area contributed by atoms with Gasteiger partial charge < -0.3 is 10.2 Å². The fourth-order valence-electron chi connectivity index (χ4n) is 1.52. The van der Waals surface area contributed by atoms with E-state index in [0.29, 0.717) is 18.4 Å². The number of nitrogens with one attached hydrogen (secondary N) is 1. The Morgan fingerprint density at radius 2 is 1.56 bits per heavy atom. The molecule has 0 saturated heterocycles. The Morgan fingerprint density at radius 1 is 1.00 bits per heavy atom. The van der Waals surface area contributed by atoms with Crippen molar-refractivity contribution in [2.24, 2.45) is 5.92 Å². The van der Waals surface area contributed by atoms with E-state index in [2.05, 4.69) is 36.0 Å². The van der Waals surface area contributed by atoms with Crippen LogP contribution in [0.2, 0.25) is 0 Å². The molecule has 0 spiro atoms. The van der Waals surface area contributed by atoms with Crippen LogP contribution in [-0.4, -0.2) is 68.4 Å². The highest BCUT2D eigenvalue weighted by Gasteiger charge is 2.10. The maximum atomic E-state index is 11.6. The van der Waals surface area contributed by atoms with Crippen LogP contribution in [0.3, 0.4) is 0 Å². The van der Waals surface area contributed by atoms with Gasteiger partial charge in [0, 0.05) is 38.1 Å². The molecule has 4 nitrogen and oxygen atoms in total. The number of ketones is 1. The van der Waals surface area contributed by atoms with Gasteiger partial charge >= 0.3 is 0 Å². The molecule has 0 aliphatic carbocycles. The Hall–Kier alpha value is -0.450. The first-order chi connectivity index (χ1) is 8.32. The summed E-state index contributed by atoms with van der Waals surface area (Å²) in [5.74, 6) is 0.460. The molecule has 0 fully saturated rings. The summed E-state index contributed by atoms with van der Waals surface area (Å²) in [6.07, 6.45) is 0. The zero-order valence-corrected chi connectivity index (χ0v) is 13.0. The molecule has 0 saturated carbocycles. The minimum absolute atomic E-state index is 0.139. The standard InChI is InChI=1S/C14H31N3O/c1-12(2)14(18)11-17(6)10-9-16(5)8-7-15-13(3)4/h12-13,15H,7-11H2,1-6H3. The van der Waals surface area contributed by atoms with E-state index >= 15 is 0 Å². The molecule has 0 aliphatic heterocycles. The van der Waals surface area contributed by atoms with Crippen molar-refractivity contribution >= 4 is 5.78 Å². The van der Waals surface area contributed by atoms with Crippen molar-refractivity contribution in [1.82, 2.24) is 15.1 Å². The molecule has 18 heavy (non-hydrogen) atoms. The lowest BCUT2D eigenvalue weighted by Crippen LogP contribution is -2.38. The fraction of sp³-hybridized carbons (Fsp3) is 0.929. The Morgan fingerprint density at radius 3 is 2.06 bits per heavy atom. The van der Waals surface area contributed by atoms with Gasteiger partial charge in [0.15, 0.2) is 0 Å². The summed E-state index contributed by atoms with van der Waals surface area (Å²) in [5, 5.41) is 3.40. The molecule has 0 heterocycles. The number of likely N-dealkylation sites (N-methyl/N-ethyl adjacent to an activating group) is 2. The molecule has 0 amide bonds. The van der Waals surface area contributed by atoms with Gasteiger partial charge in [-0.05, 0) is 14.1 Å². The Bertz CT molecular complexity index is 229. The van der Waals surface area contributed by atoms with Gasteiger partial charge in [0.05, 0.1) is 6.54 Å². The molecule has 4 heteroatoms. The van der Waals surface area contributed by atoms with Gasteiger partial charge in [0.1, 0.15) is 5.78 Å². The normalized spacial score (nSPS) is 12.1. The summed E-state index contributed by atoms with van der Waals surface area (Å²) in [7, 11) is 4.14. The summed E-state index contributed by atoms with van der Waals surface area (Å²) in [4.78, 5) is 16.0. The summed E-state index contributed by atoms with van der Waals surface area (Å²) >= 11 is 0. The zero-order chi connectivity index (χ0) is 14.1. The van der Waals surface area contributed by atoms with Crippen LogP contribution in [0.5, 0.6) is 0 Å². The molecule has 0 aromatic heterocycles. The molecular weight excluding hydrogens is 226 g/mol. The maximum Gasteiger partial charge on any atom is 0.149 e. The van der Waals surface area contributed by atoms with Crippen LogP contribution in [0.4, 0.5) is 0 Å². The Balaban J connectivity index is 3.65. The van der Waals surface area contributed by atoms with E-state index in [1.807, 2.05) is 20.9 Å². The van der Waals surface area contributed by atoms with E-state index in [0.717, 1.165) is 26.2 Å². The van der Waals surface area contributed by atoms with Crippen molar-refractivity contribution < 1.29 is 4.79 Å². The van der Waals surface area contributed by atoms with Crippen molar-refractivity contribution in [3.63, 3.8) is 0 Å². The largest absolute Gasteiger partial charge is 0.313 e. The number of nitrogens with zero attached hydrogens (tertiary/aromatic N) is 2. The van der Waals surface area contributed by atoms with Crippen LogP contribution in [0.25, 0.3) is 0 Å². The van der Waals surface area contributed by atoms with E-state index in [-0.39, 0.29) is 5.92 Å². The van der Waals surface area contributed by atoms with Crippen LogP contribution in [0.1, 0.15) is 27.7 Å². The number of hydrogen-bond acceptors (Lipinski definition) is 4. The topological polar surface area (TPSA) is 35.6 Å². The first-order valence-corrected chi connectivity index (χ1v) is 6.96. The van der Waals surface area contributed by atoms with E-state index in [4.69, 9.17) is 0 Å². The average Bonchev–Trinajstić information content (AvgIpc) is 2.25. The van der Waals surface area contributed by atoms with Gasteiger partial charge in [-0.3, -0.25) is 9.69 Å². The van der Waals surface area contributed by atoms with E-state index in [9.17, 15) is 4.79 Å². The summed E-state index contributed by atoms with van der Waals surface area (Å²) < 4.78 is 0. The van der Waals surface area contributed by atoms with Gasteiger partial charge in [-0.25, -0.2) is 0 Å². The number of carbonyl (C=O) groups is 1. The number of Topliss-reactive ketones (excluding diaryl/α,β-unsaturated/α-hetero) is 1. The van der Waals surface area contributed by atoms with Crippen LogP contribution in [0, 0.1) is 5.92 Å². The second-order valence-electron chi connectivity index (χ2n) is 5.77. The molecule has 1 N–H and O–H groups in total. The van der Waals surface area contributed by atoms with Crippen molar-refractivity contribution in [2.75, 3.05) is 46.8 Å². The van der Waals surface area contributed by atoms with Crippen molar-refractivity contribution in [3.05, 3.63) is 0 Å². The van der Waals surface area contributed by atoms with Crippen molar-refractivity contribution in [2.45, 2.75) is 33.7 Å². The third-order valence-electron chi connectivity index (χ3n) is 2.98. The third kappa shape index (κ3) is 9.57. The fourth-order valence-corrected chi connectivity index (χ4v) is 1.52. The average molecular weight is 257 g/mol. The molecule has 0 atom stereocenters. The number of hydrogen-bond donors (Lipinski definition) is 1. The maximum absolute atomic E-state index is 11.6. The van der Waals surface area contributed by atoms with Crippen molar-refractivity contribution in [3.8, 4) is 0 Å². The van der Waals surface area contributed by atoms with E-state index in [1.54, 1.807) is 0 Å². The number of carbonyl (C=O) groups excluding carboxylic acids is 1. The molecule has 0 unspecified atom stereocenters. The second-order valence-corrected chi connectivity index (χ2v) is 5.77. The number of rotatable bonds is 10. The molecular formula is C14H31N3O. The molecule has 0 aliphatic rings. The highest BCUT2D eigenvalue weighted by atomic mass is 16.1. The Labute approximate surface area is 113 Å². The summed E-state index contributed by atoms with van der Waals surface area (Å²) in [5.41, 5.74) is 0. The van der Waals surface area contributed by atoms with Crippen LogP contribution < -0.4 is 5.32 Å². The van der Waals surface area contributed by atoms with Gasteiger partial charge in [0.25, 0.3) is 0 Å². The quantitative estimate of drug-likeness (QED) is 0.635. The smallest absolute Gasteiger partial charge is 0.149 e. The molecule has 108 valence electrons. The van der Waals surface area contributed by atoms with E-state index in [1.165, 1.54) is 0 Å². The molecule has 0 radical (unpaired) electrons. The van der Waals surface area contributed by atoms with Crippen LogP contribution in [0.15, 0.2) is 0 Å². The summed E-state index contributed by atoms with van der Waals surface area (Å²) in [6, 6.07) is 0.546. The molecule has 0 rings (SSSR count). The second kappa shape index (κ2) is 9.48. The monoisotopic (exact) mass is 257 g/mol. The van der Waals surface area contributed by atoms with Crippen LogP contribution >= 0.6 is 0 Å². The predicted molar refractivity (Wildman–Crippen MR) is 78.0 cm³/mol. The molecule has 0 aromatic rings. The first kappa shape index (κ1) is 17.6. The van der Waals surface area contributed by atoms with Gasteiger partial charge in [0.2, 0.25) is 0 Å². The lowest BCUT2D eigenvalue weighted by molar-refractivity contribution is -0.122. The highest BCUT2D eigenvalue weighted by Crippen LogP contribution is 1.96. The van der Waals surface area contributed by atoms with Gasteiger partial charge in [-0.1, -0.05) is 27.7 Å². The zero-order valence-electron chi connectivity index (χ0n) is 13.0. The first-order valence-electron chi connectivity index (χ1n) is 6.96.